The molecule has 1 atom stereocenters. The van der Waals surface area contributed by atoms with Crippen molar-refractivity contribution < 1.29 is 13.2 Å². The lowest BCUT2D eigenvalue weighted by Crippen LogP contribution is -2.37. The Bertz CT molecular complexity index is 673. The van der Waals surface area contributed by atoms with Gasteiger partial charge in [0.05, 0.1) is 5.75 Å². The molecule has 0 aliphatic carbocycles. The summed E-state index contributed by atoms with van der Waals surface area (Å²) in [5, 5.41) is 3.67. The van der Waals surface area contributed by atoms with Gasteiger partial charge in [0, 0.05) is 29.6 Å². The van der Waals surface area contributed by atoms with E-state index in [0.29, 0.717) is 29.2 Å². The molecule has 1 N–H and O–H groups in total. The minimum Gasteiger partial charge on any atom is -0.373 e. The van der Waals surface area contributed by atoms with Gasteiger partial charge in [0.15, 0.2) is 9.84 Å². The molecular formula is C15H21ClN2O3S. The standard InChI is InChI=1S/C15H21ClN2O3S/c1-10(2)18-7-6-13(15(18)19)17-14-8-12(16)5-4-11(14)9-22(3,20)21/h4-5,8,10,13,17H,6-7,9H2,1-3H3/t13-/m0/s1. The van der Waals surface area contributed by atoms with Crippen molar-refractivity contribution in [1.82, 2.24) is 4.90 Å². The molecule has 0 aromatic heterocycles. The Labute approximate surface area is 136 Å². The first-order chi connectivity index (χ1) is 10.2. The van der Waals surface area contributed by atoms with Crippen molar-refractivity contribution in [1.29, 1.82) is 0 Å². The summed E-state index contributed by atoms with van der Waals surface area (Å²) in [7, 11) is -3.16. The van der Waals surface area contributed by atoms with Crippen LogP contribution in [0.1, 0.15) is 25.8 Å². The van der Waals surface area contributed by atoms with Crippen molar-refractivity contribution in [2.75, 3.05) is 18.1 Å². The van der Waals surface area contributed by atoms with E-state index in [1.165, 1.54) is 6.26 Å². The molecule has 2 rings (SSSR count). The summed E-state index contributed by atoms with van der Waals surface area (Å²) in [6.07, 6.45) is 1.88. The molecule has 1 aliphatic rings. The molecule has 1 aliphatic heterocycles. The van der Waals surface area contributed by atoms with Crippen molar-refractivity contribution in [2.24, 2.45) is 0 Å². The fraction of sp³-hybridized carbons (Fsp3) is 0.533. The van der Waals surface area contributed by atoms with Gasteiger partial charge in [0.25, 0.3) is 0 Å². The van der Waals surface area contributed by atoms with Crippen LogP contribution in [0.15, 0.2) is 18.2 Å². The molecule has 0 unspecified atom stereocenters. The van der Waals surface area contributed by atoms with Crippen LogP contribution in [-0.2, 0) is 20.4 Å². The van der Waals surface area contributed by atoms with E-state index in [1.807, 2.05) is 18.7 Å². The van der Waals surface area contributed by atoms with Gasteiger partial charge in [-0.15, -0.1) is 0 Å². The van der Waals surface area contributed by atoms with Crippen LogP contribution in [-0.4, -0.2) is 44.1 Å². The average Bonchev–Trinajstić information content (AvgIpc) is 2.73. The maximum absolute atomic E-state index is 12.3. The Morgan fingerprint density at radius 1 is 1.41 bits per heavy atom. The molecule has 5 nitrogen and oxygen atoms in total. The predicted octanol–water partition coefficient (Wildman–Crippen LogP) is 2.31. The third-order valence-corrected chi connectivity index (χ3v) is 4.75. The zero-order valence-corrected chi connectivity index (χ0v) is 14.5. The number of halogens is 1. The molecule has 1 amide bonds. The highest BCUT2D eigenvalue weighted by molar-refractivity contribution is 7.89. The molecule has 0 bridgehead atoms. The lowest BCUT2D eigenvalue weighted by molar-refractivity contribution is -0.129. The SMILES string of the molecule is CC(C)N1CC[C@H](Nc2cc(Cl)ccc2CS(C)(=O)=O)C1=O. The van der Waals surface area contributed by atoms with Crippen LogP contribution in [0.3, 0.4) is 0 Å². The maximum Gasteiger partial charge on any atom is 0.245 e. The largest absolute Gasteiger partial charge is 0.373 e. The van der Waals surface area contributed by atoms with Crippen LogP contribution in [0.25, 0.3) is 0 Å². The first kappa shape index (κ1) is 17.1. The van der Waals surface area contributed by atoms with Crippen LogP contribution >= 0.6 is 11.6 Å². The van der Waals surface area contributed by atoms with Gasteiger partial charge in [-0.1, -0.05) is 17.7 Å². The number of carbonyl (C=O) groups excluding carboxylic acids is 1. The summed E-state index contributed by atoms with van der Waals surface area (Å²) in [6.45, 7) is 4.67. The fourth-order valence-electron chi connectivity index (χ4n) is 2.63. The summed E-state index contributed by atoms with van der Waals surface area (Å²) in [4.78, 5) is 14.2. The molecule has 1 heterocycles. The van der Waals surface area contributed by atoms with Gasteiger partial charge in [-0.2, -0.15) is 0 Å². The predicted molar refractivity (Wildman–Crippen MR) is 88.9 cm³/mol. The van der Waals surface area contributed by atoms with Crippen molar-refractivity contribution in [3.8, 4) is 0 Å². The van der Waals surface area contributed by atoms with Crippen LogP contribution in [0.2, 0.25) is 5.02 Å². The van der Waals surface area contributed by atoms with Gasteiger partial charge in [-0.3, -0.25) is 4.79 Å². The van der Waals surface area contributed by atoms with Gasteiger partial charge in [0.2, 0.25) is 5.91 Å². The van der Waals surface area contributed by atoms with E-state index in [2.05, 4.69) is 5.32 Å². The third kappa shape index (κ3) is 4.14. The summed E-state index contributed by atoms with van der Waals surface area (Å²) in [6, 6.07) is 4.84. The number of amides is 1. The van der Waals surface area contributed by atoms with Gasteiger partial charge in [-0.25, -0.2) is 8.42 Å². The van der Waals surface area contributed by atoms with Crippen LogP contribution in [0, 0.1) is 0 Å². The zero-order valence-electron chi connectivity index (χ0n) is 13.0. The van der Waals surface area contributed by atoms with E-state index in [4.69, 9.17) is 11.6 Å². The van der Waals surface area contributed by atoms with E-state index in [1.54, 1.807) is 18.2 Å². The topological polar surface area (TPSA) is 66.5 Å². The monoisotopic (exact) mass is 344 g/mol. The number of carbonyl (C=O) groups is 1. The third-order valence-electron chi connectivity index (χ3n) is 3.68. The van der Waals surface area contributed by atoms with Crippen molar-refractivity contribution in [2.45, 2.75) is 38.1 Å². The van der Waals surface area contributed by atoms with Gasteiger partial charge < -0.3 is 10.2 Å². The lowest BCUT2D eigenvalue weighted by atomic mass is 10.1. The van der Waals surface area contributed by atoms with Crippen LogP contribution < -0.4 is 5.32 Å². The number of nitrogens with one attached hydrogen (secondary N) is 1. The first-order valence-electron chi connectivity index (χ1n) is 7.20. The molecule has 7 heteroatoms. The lowest BCUT2D eigenvalue weighted by Gasteiger charge is -2.22. The molecule has 1 saturated heterocycles. The summed E-state index contributed by atoms with van der Waals surface area (Å²) >= 11 is 6.00. The van der Waals surface area contributed by atoms with E-state index in [0.717, 1.165) is 0 Å². The number of anilines is 1. The van der Waals surface area contributed by atoms with Gasteiger partial charge in [-0.05, 0) is 38.0 Å². The second-order valence-corrected chi connectivity index (χ2v) is 8.56. The minimum atomic E-state index is -3.16. The first-order valence-corrected chi connectivity index (χ1v) is 9.64. The Morgan fingerprint density at radius 2 is 2.09 bits per heavy atom. The number of rotatable bonds is 5. The van der Waals surface area contributed by atoms with Crippen LogP contribution in [0.4, 0.5) is 5.69 Å². The molecular weight excluding hydrogens is 324 g/mol. The maximum atomic E-state index is 12.3. The number of hydrogen-bond acceptors (Lipinski definition) is 4. The highest BCUT2D eigenvalue weighted by atomic mass is 35.5. The normalized spacial score (nSPS) is 19.0. The molecule has 0 saturated carbocycles. The average molecular weight is 345 g/mol. The summed E-state index contributed by atoms with van der Waals surface area (Å²) in [5.41, 5.74) is 1.24. The van der Waals surface area contributed by atoms with Crippen molar-refractivity contribution in [3.63, 3.8) is 0 Å². The minimum absolute atomic E-state index is 0.0419. The highest BCUT2D eigenvalue weighted by Crippen LogP contribution is 2.26. The molecule has 1 aromatic rings. The van der Waals surface area contributed by atoms with E-state index >= 15 is 0 Å². The smallest absolute Gasteiger partial charge is 0.245 e. The Balaban J connectivity index is 2.22. The molecule has 1 aromatic carbocycles. The van der Waals surface area contributed by atoms with Gasteiger partial charge in [0.1, 0.15) is 6.04 Å². The number of sulfone groups is 1. The Hall–Kier alpha value is -1.27. The fourth-order valence-corrected chi connectivity index (χ4v) is 3.62. The van der Waals surface area contributed by atoms with Crippen molar-refractivity contribution in [3.05, 3.63) is 28.8 Å². The number of hydrogen-bond donors (Lipinski definition) is 1. The molecule has 0 spiro atoms. The van der Waals surface area contributed by atoms with E-state index in [9.17, 15) is 13.2 Å². The van der Waals surface area contributed by atoms with Crippen LogP contribution in [0.5, 0.6) is 0 Å². The van der Waals surface area contributed by atoms with Gasteiger partial charge >= 0.3 is 0 Å². The molecule has 0 radical (unpaired) electrons. The van der Waals surface area contributed by atoms with Crippen molar-refractivity contribution >= 4 is 33.0 Å². The second-order valence-electron chi connectivity index (χ2n) is 5.98. The zero-order chi connectivity index (χ0) is 16.5. The molecule has 122 valence electrons. The van der Waals surface area contributed by atoms with E-state index < -0.39 is 9.84 Å². The highest BCUT2D eigenvalue weighted by Gasteiger charge is 2.33. The summed E-state index contributed by atoms with van der Waals surface area (Å²) in [5.74, 6) is -0.0401. The number of nitrogens with zero attached hydrogens (tertiary/aromatic N) is 1. The number of benzene rings is 1. The Kier molecular flexibility index (Phi) is 5.02. The Morgan fingerprint density at radius 3 is 2.64 bits per heavy atom. The number of likely N-dealkylation sites (tertiary alicyclic amines) is 1. The quantitative estimate of drug-likeness (QED) is 0.890. The second kappa shape index (κ2) is 6.46. The molecule has 1 fully saturated rings. The molecule has 22 heavy (non-hydrogen) atoms. The van der Waals surface area contributed by atoms with E-state index in [-0.39, 0.29) is 23.7 Å². The summed E-state index contributed by atoms with van der Waals surface area (Å²) < 4.78 is 23.1.